The zero-order valence-electron chi connectivity index (χ0n) is 17.5. The number of halogens is 2. The van der Waals surface area contributed by atoms with Gasteiger partial charge in [-0.1, -0.05) is 29.3 Å². The summed E-state index contributed by atoms with van der Waals surface area (Å²) in [6.45, 7) is 0.896. The largest absolute Gasteiger partial charge is 0.493 e. The van der Waals surface area contributed by atoms with Gasteiger partial charge in [0.15, 0.2) is 11.5 Å². The van der Waals surface area contributed by atoms with Crippen LogP contribution in [0.25, 0.3) is 0 Å². The van der Waals surface area contributed by atoms with Crippen LogP contribution in [0.1, 0.15) is 23.2 Å². The molecule has 0 unspecified atom stereocenters. The van der Waals surface area contributed by atoms with Crippen molar-refractivity contribution >= 4 is 40.7 Å². The first-order chi connectivity index (χ1) is 14.9. The molecule has 9 heteroatoms. The van der Waals surface area contributed by atoms with Crippen molar-refractivity contribution in [1.29, 1.82) is 0 Å². The van der Waals surface area contributed by atoms with Crippen molar-refractivity contribution in [2.75, 3.05) is 39.7 Å². The molecule has 0 aliphatic carbocycles. The van der Waals surface area contributed by atoms with E-state index in [1.807, 2.05) is 0 Å². The lowest BCUT2D eigenvalue weighted by molar-refractivity contribution is -0.121. The average molecular weight is 467 g/mol. The highest BCUT2D eigenvalue weighted by Crippen LogP contribution is 2.38. The van der Waals surface area contributed by atoms with E-state index >= 15 is 0 Å². The molecule has 1 N–H and O–H groups in total. The Hall–Kier alpha value is -2.64. The molecule has 1 heterocycles. The molecule has 7 nitrogen and oxygen atoms in total. The maximum absolute atomic E-state index is 13.0. The Morgan fingerprint density at radius 3 is 2.00 bits per heavy atom. The van der Waals surface area contributed by atoms with Gasteiger partial charge in [0.1, 0.15) is 0 Å². The molecule has 0 spiro atoms. The minimum absolute atomic E-state index is 0.158. The Labute approximate surface area is 191 Å². The van der Waals surface area contributed by atoms with E-state index in [2.05, 4.69) is 5.32 Å². The number of methoxy groups -OCH3 is 3. The lowest BCUT2D eigenvalue weighted by Crippen LogP contribution is -2.41. The first-order valence-corrected chi connectivity index (χ1v) is 10.5. The number of likely N-dealkylation sites (tertiary alicyclic amines) is 1. The minimum Gasteiger partial charge on any atom is -0.493 e. The number of nitrogens with zero attached hydrogens (tertiary/aromatic N) is 1. The zero-order valence-corrected chi connectivity index (χ0v) is 19.0. The lowest BCUT2D eigenvalue weighted by atomic mass is 9.95. The number of nitrogens with one attached hydrogen (secondary N) is 1. The van der Waals surface area contributed by atoms with E-state index in [0.717, 1.165) is 0 Å². The third-order valence-corrected chi connectivity index (χ3v) is 5.91. The van der Waals surface area contributed by atoms with Crippen LogP contribution in [0, 0.1) is 5.92 Å². The fraction of sp³-hybridized carbons (Fsp3) is 0.364. The number of anilines is 1. The van der Waals surface area contributed by atoms with Crippen LogP contribution < -0.4 is 19.5 Å². The summed E-state index contributed by atoms with van der Waals surface area (Å²) in [4.78, 5) is 27.4. The van der Waals surface area contributed by atoms with Crippen molar-refractivity contribution < 1.29 is 23.8 Å². The quantitative estimate of drug-likeness (QED) is 0.677. The first kappa shape index (κ1) is 23.0. The summed E-state index contributed by atoms with van der Waals surface area (Å²) in [5.41, 5.74) is 0.840. The van der Waals surface area contributed by atoms with E-state index in [-0.39, 0.29) is 17.7 Å². The van der Waals surface area contributed by atoms with Gasteiger partial charge < -0.3 is 24.4 Å². The molecular formula is C22H24Cl2N2O5. The van der Waals surface area contributed by atoms with E-state index in [1.165, 1.54) is 21.3 Å². The summed E-state index contributed by atoms with van der Waals surface area (Å²) in [5, 5.41) is 3.58. The molecule has 3 rings (SSSR count). The van der Waals surface area contributed by atoms with Crippen LogP contribution in [0.15, 0.2) is 30.3 Å². The Bertz CT molecular complexity index is 929. The number of hydrogen-bond donors (Lipinski definition) is 1. The van der Waals surface area contributed by atoms with Gasteiger partial charge in [-0.2, -0.15) is 0 Å². The van der Waals surface area contributed by atoms with Crippen LogP contribution in [0.2, 0.25) is 10.0 Å². The van der Waals surface area contributed by atoms with Crippen LogP contribution in [-0.2, 0) is 4.79 Å². The van der Waals surface area contributed by atoms with Crippen molar-refractivity contribution in [3.05, 3.63) is 45.9 Å². The molecule has 1 fully saturated rings. The molecule has 2 aromatic carbocycles. The predicted octanol–water partition coefficient (Wildman–Crippen LogP) is 4.51. The molecule has 0 saturated carbocycles. The van der Waals surface area contributed by atoms with Crippen LogP contribution in [0.4, 0.5) is 5.69 Å². The fourth-order valence-corrected chi connectivity index (χ4v) is 4.07. The Balaban J connectivity index is 1.67. The zero-order chi connectivity index (χ0) is 22.5. The Morgan fingerprint density at radius 2 is 1.52 bits per heavy atom. The number of benzene rings is 2. The molecule has 0 aromatic heterocycles. The van der Waals surface area contributed by atoms with Gasteiger partial charge in [-0.3, -0.25) is 9.59 Å². The Morgan fingerprint density at radius 1 is 0.968 bits per heavy atom. The molecule has 1 aliphatic heterocycles. The van der Waals surface area contributed by atoms with Crippen LogP contribution in [-0.4, -0.2) is 51.1 Å². The molecule has 31 heavy (non-hydrogen) atoms. The third kappa shape index (κ3) is 4.99. The highest BCUT2D eigenvalue weighted by molar-refractivity contribution is 6.39. The summed E-state index contributed by atoms with van der Waals surface area (Å²) < 4.78 is 16.0. The van der Waals surface area contributed by atoms with Crippen molar-refractivity contribution in [2.45, 2.75) is 12.8 Å². The number of carbonyl (C=O) groups is 2. The lowest BCUT2D eigenvalue weighted by Gasteiger charge is -2.31. The maximum atomic E-state index is 13.0. The highest BCUT2D eigenvalue weighted by Gasteiger charge is 2.29. The summed E-state index contributed by atoms with van der Waals surface area (Å²) in [7, 11) is 4.51. The number of hydrogen-bond acceptors (Lipinski definition) is 5. The van der Waals surface area contributed by atoms with Gasteiger partial charge in [0.2, 0.25) is 11.7 Å². The number of rotatable bonds is 6. The maximum Gasteiger partial charge on any atom is 0.254 e. The van der Waals surface area contributed by atoms with Crippen LogP contribution in [0.3, 0.4) is 0 Å². The van der Waals surface area contributed by atoms with Crippen LogP contribution in [0.5, 0.6) is 17.2 Å². The summed E-state index contributed by atoms with van der Waals surface area (Å²) in [6, 6.07) is 8.31. The van der Waals surface area contributed by atoms with Gasteiger partial charge in [0.25, 0.3) is 5.91 Å². The van der Waals surface area contributed by atoms with Gasteiger partial charge in [0.05, 0.1) is 37.1 Å². The predicted molar refractivity (Wildman–Crippen MR) is 120 cm³/mol. The molecule has 2 aromatic rings. The molecule has 0 radical (unpaired) electrons. The van der Waals surface area contributed by atoms with Gasteiger partial charge in [-0.15, -0.1) is 0 Å². The molecule has 0 atom stereocenters. The standard InChI is InChI=1S/C22H24Cl2N2O5/c1-29-17-11-14(12-18(30-2)20(17)31-3)22(28)26-9-7-13(8-10-26)21(27)25-19-15(23)5-4-6-16(19)24/h4-6,11-13H,7-10H2,1-3H3,(H,25,27). The van der Waals surface area contributed by atoms with Gasteiger partial charge in [-0.25, -0.2) is 0 Å². The first-order valence-electron chi connectivity index (χ1n) is 9.73. The average Bonchev–Trinajstić information content (AvgIpc) is 2.79. The van der Waals surface area contributed by atoms with Gasteiger partial charge in [0, 0.05) is 24.6 Å². The van der Waals surface area contributed by atoms with Gasteiger partial charge >= 0.3 is 0 Å². The molecule has 1 saturated heterocycles. The second-order valence-electron chi connectivity index (χ2n) is 7.07. The number of carbonyl (C=O) groups excluding carboxylic acids is 2. The number of para-hydroxylation sites is 1. The highest BCUT2D eigenvalue weighted by atomic mass is 35.5. The summed E-state index contributed by atoms with van der Waals surface area (Å²) in [6.07, 6.45) is 1.06. The van der Waals surface area contributed by atoms with E-state index in [1.54, 1.807) is 35.2 Å². The van der Waals surface area contributed by atoms with Crippen molar-refractivity contribution in [3.63, 3.8) is 0 Å². The second kappa shape index (κ2) is 10.1. The van der Waals surface area contributed by atoms with E-state index in [0.29, 0.717) is 64.5 Å². The summed E-state index contributed by atoms with van der Waals surface area (Å²) in [5.74, 6) is 0.695. The van der Waals surface area contributed by atoms with E-state index in [9.17, 15) is 9.59 Å². The van der Waals surface area contributed by atoms with Gasteiger partial charge in [-0.05, 0) is 37.1 Å². The molecule has 1 aliphatic rings. The van der Waals surface area contributed by atoms with Crippen LogP contribution >= 0.6 is 23.2 Å². The second-order valence-corrected chi connectivity index (χ2v) is 7.88. The van der Waals surface area contributed by atoms with Crippen molar-refractivity contribution in [1.82, 2.24) is 4.90 Å². The molecule has 0 bridgehead atoms. The van der Waals surface area contributed by atoms with Crippen molar-refractivity contribution in [3.8, 4) is 17.2 Å². The fourth-order valence-electron chi connectivity index (χ4n) is 3.57. The smallest absolute Gasteiger partial charge is 0.254 e. The molecule has 166 valence electrons. The monoisotopic (exact) mass is 466 g/mol. The minimum atomic E-state index is -0.240. The number of amides is 2. The topological polar surface area (TPSA) is 77.1 Å². The SMILES string of the molecule is COc1cc(C(=O)N2CCC(C(=O)Nc3c(Cl)cccc3Cl)CC2)cc(OC)c1OC. The third-order valence-electron chi connectivity index (χ3n) is 5.28. The number of piperidine rings is 1. The molecule has 2 amide bonds. The molecular weight excluding hydrogens is 443 g/mol. The van der Waals surface area contributed by atoms with E-state index < -0.39 is 0 Å². The summed E-state index contributed by atoms with van der Waals surface area (Å²) >= 11 is 12.3. The van der Waals surface area contributed by atoms with E-state index in [4.69, 9.17) is 37.4 Å². The normalized spacial score (nSPS) is 14.2. The number of ether oxygens (including phenoxy) is 3. The Kier molecular flexibility index (Phi) is 7.51. The van der Waals surface area contributed by atoms with Crippen molar-refractivity contribution in [2.24, 2.45) is 5.92 Å².